The van der Waals surface area contributed by atoms with Crippen molar-refractivity contribution in [1.29, 1.82) is 0 Å². The Morgan fingerprint density at radius 2 is 1.89 bits per heavy atom. The van der Waals surface area contributed by atoms with Crippen LogP contribution in [0, 0.1) is 12.8 Å². The van der Waals surface area contributed by atoms with E-state index in [0.29, 0.717) is 6.04 Å². The summed E-state index contributed by atoms with van der Waals surface area (Å²) in [5.74, 6) is 0.865. The van der Waals surface area contributed by atoms with Gasteiger partial charge in [-0.1, -0.05) is 36.8 Å². The summed E-state index contributed by atoms with van der Waals surface area (Å²) in [6.07, 6.45) is 2.77. The highest BCUT2D eigenvalue weighted by Gasteiger charge is 2.32. The first-order valence-electron chi connectivity index (χ1n) is 7.18. The topological polar surface area (TPSA) is 12.0 Å². The van der Waals surface area contributed by atoms with E-state index in [9.17, 15) is 0 Å². The van der Waals surface area contributed by atoms with Crippen LogP contribution >= 0.6 is 11.3 Å². The van der Waals surface area contributed by atoms with Gasteiger partial charge in [0.25, 0.3) is 0 Å². The number of benzene rings is 1. The van der Waals surface area contributed by atoms with Crippen molar-refractivity contribution in [3.63, 3.8) is 0 Å². The molecule has 0 amide bonds. The third-order valence-corrected chi connectivity index (χ3v) is 5.00. The highest BCUT2D eigenvalue weighted by Crippen LogP contribution is 2.44. The summed E-state index contributed by atoms with van der Waals surface area (Å²) in [5.41, 5.74) is 2.66. The van der Waals surface area contributed by atoms with Crippen LogP contribution in [0.3, 0.4) is 0 Å². The van der Waals surface area contributed by atoms with Crippen LogP contribution in [0.1, 0.15) is 36.2 Å². The Kier molecular flexibility index (Phi) is 3.72. The predicted molar refractivity (Wildman–Crippen MR) is 83.6 cm³/mol. The molecule has 1 aliphatic rings. The third kappa shape index (κ3) is 2.90. The van der Waals surface area contributed by atoms with Crippen molar-refractivity contribution >= 4 is 11.3 Å². The van der Waals surface area contributed by atoms with Gasteiger partial charge in [0, 0.05) is 15.8 Å². The standard InChI is InChI=1S/C17H21NS/c1-3-18-17(14-8-9-14)16-11-10-15(19-16)13-6-4-12(2)5-7-13/h4-7,10-11,14,17-18H,3,8-9H2,1-2H3. The second-order valence-corrected chi connectivity index (χ2v) is 6.56. The van der Waals surface area contributed by atoms with E-state index in [1.54, 1.807) is 0 Å². The maximum atomic E-state index is 3.65. The lowest BCUT2D eigenvalue weighted by Crippen LogP contribution is -2.21. The minimum atomic E-state index is 0.578. The minimum absolute atomic E-state index is 0.578. The van der Waals surface area contributed by atoms with Gasteiger partial charge in [-0.2, -0.15) is 0 Å². The van der Waals surface area contributed by atoms with Gasteiger partial charge in [0.05, 0.1) is 0 Å². The molecule has 0 radical (unpaired) electrons. The second kappa shape index (κ2) is 5.48. The summed E-state index contributed by atoms with van der Waals surface area (Å²) in [5, 5.41) is 3.65. The lowest BCUT2D eigenvalue weighted by Gasteiger charge is -2.15. The zero-order valence-corrected chi connectivity index (χ0v) is 12.5. The van der Waals surface area contributed by atoms with E-state index in [1.807, 2.05) is 11.3 Å². The number of nitrogens with one attached hydrogen (secondary N) is 1. The van der Waals surface area contributed by atoms with Gasteiger partial charge in [0.2, 0.25) is 0 Å². The Hall–Kier alpha value is -1.12. The van der Waals surface area contributed by atoms with Crippen molar-refractivity contribution in [2.45, 2.75) is 32.7 Å². The fourth-order valence-corrected chi connectivity index (χ4v) is 3.72. The zero-order valence-electron chi connectivity index (χ0n) is 11.6. The van der Waals surface area contributed by atoms with Crippen LogP contribution in [0.2, 0.25) is 0 Å². The highest BCUT2D eigenvalue weighted by molar-refractivity contribution is 7.15. The molecule has 2 aromatic rings. The summed E-state index contributed by atoms with van der Waals surface area (Å²) < 4.78 is 0. The van der Waals surface area contributed by atoms with E-state index in [-0.39, 0.29) is 0 Å². The van der Waals surface area contributed by atoms with Crippen LogP contribution in [0.25, 0.3) is 10.4 Å². The van der Waals surface area contributed by atoms with Crippen LogP contribution in [-0.4, -0.2) is 6.54 Å². The van der Waals surface area contributed by atoms with Crippen molar-refractivity contribution in [3.8, 4) is 10.4 Å². The van der Waals surface area contributed by atoms with Gasteiger partial charge in [0.15, 0.2) is 0 Å². The molecule has 3 rings (SSSR count). The molecule has 1 atom stereocenters. The van der Waals surface area contributed by atoms with Crippen LogP contribution in [0.5, 0.6) is 0 Å². The number of rotatable bonds is 5. The van der Waals surface area contributed by atoms with Gasteiger partial charge >= 0.3 is 0 Å². The van der Waals surface area contributed by atoms with Crippen molar-refractivity contribution in [1.82, 2.24) is 5.32 Å². The molecule has 1 aliphatic carbocycles. The fraction of sp³-hybridized carbons (Fsp3) is 0.412. The van der Waals surface area contributed by atoms with Crippen molar-refractivity contribution in [2.75, 3.05) is 6.54 Å². The van der Waals surface area contributed by atoms with E-state index in [2.05, 4.69) is 55.6 Å². The molecule has 2 heteroatoms. The molecule has 1 unspecified atom stereocenters. The van der Waals surface area contributed by atoms with Gasteiger partial charge in [-0.05, 0) is 49.9 Å². The average Bonchev–Trinajstić information content (AvgIpc) is 3.14. The molecule has 0 spiro atoms. The Morgan fingerprint density at radius 3 is 2.53 bits per heavy atom. The molecular weight excluding hydrogens is 250 g/mol. The van der Waals surface area contributed by atoms with Crippen LogP contribution in [0.4, 0.5) is 0 Å². The van der Waals surface area contributed by atoms with E-state index in [4.69, 9.17) is 0 Å². The van der Waals surface area contributed by atoms with Gasteiger partial charge < -0.3 is 5.32 Å². The molecule has 1 aromatic heterocycles. The molecular formula is C17H21NS. The predicted octanol–water partition coefficient (Wildman–Crippen LogP) is 4.78. The van der Waals surface area contributed by atoms with Crippen LogP contribution < -0.4 is 5.32 Å². The smallest absolute Gasteiger partial charge is 0.0443 e. The first-order chi connectivity index (χ1) is 9.28. The van der Waals surface area contributed by atoms with Gasteiger partial charge in [-0.25, -0.2) is 0 Å². The first kappa shape index (κ1) is 12.9. The molecule has 0 bridgehead atoms. The van der Waals surface area contributed by atoms with Crippen LogP contribution in [-0.2, 0) is 0 Å². The van der Waals surface area contributed by atoms with Gasteiger partial charge in [-0.15, -0.1) is 11.3 Å². The molecule has 0 saturated heterocycles. The van der Waals surface area contributed by atoms with Crippen LogP contribution in [0.15, 0.2) is 36.4 Å². The summed E-state index contributed by atoms with van der Waals surface area (Å²) >= 11 is 1.95. The molecule has 100 valence electrons. The second-order valence-electron chi connectivity index (χ2n) is 5.44. The molecule has 19 heavy (non-hydrogen) atoms. The Bertz CT molecular complexity index is 537. The molecule has 1 heterocycles. The zero-order chi connectivity index (χ0) is 13.2. The number of thiophene rings is 1. The summed E-state index contributed by atoms with van der Waals surface area (Å²) in [6, 6.07) is 14.0. The maximum absolute atomic E-state index is 3.65. The number of aryl methyl sites for hydroxylation is 1. The number of hydrogen-bond donors (Lipinski definition) is 1. The molecule has 0 aliphatic heterocycles. The number of hydrogen-bond acceptors (Lipinski definition) is 2. The summed E-state index contributed by atoms with van der Waals surface area (Å²) in [6.45, 7) is 5.39. The molecule has 1 aromatic carbocycles. The lowest BCUT2D eigenvalue weighted by molar-refractivity contribution is 0.504. The Morgan fingerprint density at radius 1 is 1.16 bits per heavy atom. The minimum Gasteiger partial charge on any atom is -0.309 e. The Labute approximate surface area is 119 Å². The van der Waals surface area contributed by atoms with E-state index >= 15 is 0 Å². The maximum Gasteiger partial charge on any atom is 0.0443 e. The average molecular weight is 271 g/mol. The molecule has 1 saturated carbocycles. The van der Waals surface area contributed by atoms with Gasteiger partial charge in [0.1, 0.15) is 0 Å². The summed E-state index contributed by atoms with van der Waals surface area (Å²) in [7, 11) is 0. The third-order valence-electron chi connectivity index (χ3n) is 3.79. The largest absolute Gasteiger partial charge is 0.309 e. The van der Waals surface area contributed by atoms with Crippen molar-refractivity contribution in [3.05, 3.63) is 46.8 Å². The summed E-state index contributed by atoms with van der Waals surface area (Å²) in [4.78, 5) is 2.89. The van der Waals surface area contributed by atoms with E-state index in [1.165, 1.54) is 33.7 Å². The van der Waals surface area contributed by atoms with Crippen molar-refractivity contribution in [2.24, 2.45) is 5.92 Å². The van der Waals surface area contributed by atoms with E-state index < -0.39 is 0 Å². The Balaban J connectivity index is 1.83. The quantitative estimate of drug-likeness (QED) is 0.825. The first-order valence-corrected chi connectivity index (χ1v) is 7.99. The van der Waals surface area contributed by atoms with Gasteiger partial charge in [-0.3, -0.25) is 0 Å². The van der Waals surface area contributed by atoms with E-state index in [0.717, 1.165) is 12.5 Å². The normalized spacial score (nSPS) is 16.5. The van der Waals surface area contributed by atoms with Crippen molar-refractivity contribution < 1.29 is 0 Å². The highest BCUT2D eigenvalue weighted by atomic mass is 32.1. The lowest BCUT2D eigenvalue weighted by atomic mass is 10.1. The molecule has 1 fully saturated rings. The fourth-order valence-electron chi connectivity index (χ4n) is 2.54. The molecule has 1 nitrogen and oxygen atoms in total. The SMILES string of the molecule is CCNC(c1ccc(-c2ccc(C)cc2)s1)C1CC1. The molecule has 1 N–H and O–H groups in total. The monoisotopic (exact) mass is 271 g/mol.